The number of phenols is 1. The number of aromatic hydroxyl groups is 1. The lowest BCUT2D eigenvalue weighted by Crippen LogP contribution is -2.52. The van der Waals surface area contributed by atoms with Crippen LogP contribution in [0.15, 0.2) is 97.1 Å². The fraction of sp³-hybridized carbons (Fsp3) is 0.342. The topological polar surface area (TPSA) is 158 Å². The number of urea groups is 1. The zero-order valence-electron chi connectivity index (χ0n) is 28.4. The van der Waals surface area contributed by atoms with Crippen molar-refractivity contribution in [3.8, 4) is 11.5 Å². The summed E-state index contributed by atoms with van der Waals surface area (Å²) in [6.45, 7) is 3.74. The maximum absolute atomic E-state index is 15.4. The Bertz CT molecular complexity index is 1970. The molecule has 1 saturated carbocycles. The van der Waals surface area contributed by atoms with Gasteiger partial charge in [-0.25, -0.2) is 4.79 Å². The van der Waals surface area contributed by atoms with Crippen LogP contribution in [0.3, 0.4) is 0 Å². The van der Waals surface area contributed by atoms with Gasteiger partial charge < -0.3 is 29.1 Å². The van der Waals surface area contributed by atoms with Gasteiger partial charge in [-0.1, -0.05) is 48.5 Å². The minimum atomic E-state index is -1.03. The van der Waals surface area contributed by atoms with E-state index in [0.29, 0.717) is 29.7 Å². The lowest BCUT2D eigenvalue weighted by atomic mass is 9.90. The monoisotopic (exact) mass is 694 g/mol. The van der Waals surface area contributed by atoms with Gasteiger partial charge in [0.15, 0.2) is 5.79 Å². The van der Waals surface area contributed by atoms with Gasteiger partial charge in [0.05, 0.1) is 28.5 Å². The molecule has 4 aromatic carbocycles. The molecule has 51 heavy (non-hydrogen) atoms. The number of amides is 2. The molecule has 0 radical (unpaired) electrons. The Hall–Kier alpha value is -5.53. The summed E-state index contributed by atoms with van der Waals surface area (Å²) < 4.78 is 19.0. The molecule has 0 bridgehead atoms. The van der Waals surface area contributed by atoms with Crippen molar-refractivity contribution in [3.63, 3.8) is 0 Å². The van der Waals surface area contributed by atoms with E-state index in [1.807, 2.05) is 38.1 Å². The van der Waals surface area contributed by atoms with E-state index in [2.05, 4.69) is 0 Å². The third kappa shape index (κ3) is 6.46. The molecule has 2 amide bonds. The van der Waals surface area contributed by atoms with Gasteiger partial charge in [-0.15, -0.1) is 0 Å². The molecule has 0 aromatic heterocycles. The summed E-state index contributed by atoms with van der Waals surface area (Å²) in [6.07, 6.45) is -0.401. The smallest absolute Gasteiger partial charge is 0.321 e. The number of nitrogens with zero attached hydrogens (tertiary/aromatic N) is 4. The van der Waals surface area contributed by atoms with Gasteiger partial charge in [0.1, 0.15) is 23.7 Å². The third-order valence-electron chi connectivity index (χ3n) is 10.2. The van der Waals surface area contributed by atoms with Crippen LogP contribution in [0.2, 0.25) is 0 Å². The van der Waals surface area contributed by atoms with Crippen LogP contribution in [0.1, 0.15) is 48.4 Å². The van der Waals surface area contributed by atoms with E-state index in [0.717, 1.165) is 11.1 Å². The molecule has 1 aliphatic carbocycles. The molecule has 5 atom stereocenters. The summed E-state index contributed by atoms with van der Waals surface area (Å²) in [5.74, 6) is -0.415. The zero-order chi connectivity index (χ0) is 36.1. The van der Waals surface area contributed by atoms with Gasteiger partial charge in [0.2, 0.25) is 0 Å². The summed E-state index contributed by atoms with van der Waals surface area (Å²) in [5, 5.41) is 33.6. The number of fused-ring (bicyclic) bond motifs is 2. The number of hydrogen-bond donors (Lipinski definition) is 1. The fourth-order valence-electron chi connectivity index (χ4n) is 7.80. The molecular formula is C38H38N4O9. The van der Waals surface area contributed by atoms with Gasteiger partial charge in [-0.2, -0.15) is 0 Å². The van der Waals surface area contributed by atoms with E-state index in [9.17, 15) is 25.3 Å². The lowest BCUT2D eigenvalue weighted by Gasteiger charge is -2.38. The second-order valence-corrected chi connectivity index (χ2v) is 13.8. The molecule has 2 saturated heterocycles. The predicted octanol–water partition coefficient (Wildman–Crippen LogP) is 6.71. The Labute approximate surface area is 294 Å². The van der Waals surface area contributed by atoms with E-state index in [4.69, 9.17) is 14.2 Å². The Morgan fingerprint density at radius 2 is 1.45 bits per heavy atom. The normalized spacial score (nSPS) is 25.0. The van der Waals surface area contributed by atoms with Crippen molar-refractivity contribution in [2.45, 2.75) is 75.3 Å². The molecule has 7 rings (SSSR count). The largest absolute Gasteiger partial charge is 0.508 e. The summed E-state index contributed by atoms with van der Waals surface area (Å²) in [6, 6.07) is 25.9. The van der Waals surface area contributed by atoms with Crippen molar-refractivity contribution >= 4 is 17.4 Å². The van der Waals surface area contributed by atoms with Crippen LogP contribution in [0, 0.1) is 20.2 Å². The highest BCUT2D eigenvalue weighted by Crippen LogP contribution is 2.63. The number of nitro benzene ring substituents is 2. The van der Waals surface area contributed by atoms with E-state index in [-0.39, 0.29) is 42.2 Å². The molecule has 1 spiro atoms. The van der Waals surface area contributed by atoms with Gasteiger partial charge in [-0.05, 0) is 73.2 Å². The molecule has 2 unspecified atom stereocenters. The zero-order valence-corrected chi connectivity index (χ0v) is 28.4. The number of non-ortho nitro benzene ring substituents is 2. The van der Waals surface area contributed by atoms with E-state index < -0.39 is 39.4 Å². The van der Waals surface area contributed by atoms with Crippen LogP contribution < -0.4 is 4.74 Å². The standard InChI is InChI=1S/C38H38N4O9/c1-37(2)50-34-33(20-24-10-14-30(43)15-11-24)39(22-25-6-4-8-28(18-25)41(45)46)36(44)40(23-26-7-5-9-29(19-26)42(47)48)38(35(34)51-37)21-32(38)27-12-16-31(49-3)17-13-27/h4-19,32-35,43H,20-23H2,1-3H3/t32?,33-,34+,35-,38?/m1/s1. The van der Waals surface area contributed by atoms with Crippen molar-refractivity contribution in [2.75, 3.05) is 7.11 Å². The van der Waals surface area contributed by atoms with Crippen LogP contribution >= 0.6 is 0 Å². The van der Waals surface area contributed by atoms with Gasteiger partial charge in [-0.3, -0.25) is 20.2 Å². The number of nitro groups is 2. The van der Waals surface area contributed by atoms with Crippen molar-refractivity contribution in [2.24, 2.45) is 0 Å². The van der Waals surface area contributed by atoms with E-state index in [1.54, 1.807) is 65.4 Å². The predicted molar refractivity (Wildman–Crippen MR) is 185 cm³/mol. The first kappa shape index (κ1) is 33.9. The number of carbonyl (C=O) groups excluding carboxylic acids is 1. The van der Waals surface area contributed by atoms with Crippen LogP contribution in [0.5, 0.6) is 11.5 Å². The SMILES string of the molecule is COc1ccc(C2CC23[C@@H]2OC(C)(C)O[C@H]2[C@@H](Cc2ccc(O)cc2)N(Cc2cccc([N+](=O)[O-])c2)C(=O)N3Cc2cccc([N+](=O)[O-])c2)cc1. The molecule has 4 aromatic rings. The second-order valence-electron chi connectivity index (χ2n) is 13.8. The first-order valence-electron chi connectivity index (χ1n) is 16.7. The maximum atomic E-state index is 15.4. The highest BCUT2D eigenvalue weighted by atomic mass is 16.8. The lowest BCUT2D eigenvalue weighted by molar-refractivity contribution is -0.385. The highest BCUT2D eigenvalue weighted by molar-refractivity contribution is 5.78. The van der Waals surface area contributed by atoms with Crippen LogP contribution in [-0.4, -0.2) is 67.5 Å². The van der Waals surface area contributed by atoms with Crippen molar-refractivity contribution in [1.29, 1.82) is 0 Å². The summed E-state index contributed by atoms with van der Waals surface area (Å²) in [7, 11) is 1.60. The summed E-state index contributed by atoms with van der Waals surface area (Å²) in [4.78, 5) is 41.5. The average molecular weight is 695 g/mol. The molecule has 264 valence electrons. The number of benzene rings is 4. The molecule has 3 aliphatic rings. The Morgan fingerprint density at radius 1 is 0.843 bits per heavy atom. The van der Waals surface area contributed by atoms with Gasteiger partial charge in [0, 0.05) is 43.3 Å². The van der Waals surface area contributed by atoms with Crippen LogP contribution in [0.25, 0.3) is 0 Å². The number of rotatable bonds is 10. The van der Waals surface area contributed by atoms with Crippen molar-refractivity contribution in [1.82, 2.24) is 9.80 Å². The molecule has 2 aliphatic heterocycles. The summed E-state index contributed by atoms with van der Waals surface area (Å²) in [5.41, 5.74) is 1.82. The summed E-state index contributed by atoms with van der Waals surface area (Å²) >= 11 is 0. The fourth-order valence-corrected chi connectivity index (χ4v) is 7.80. The van der Waals surface area contributed by atoms with Gasteiger partial charge in [0.25, 0.3) is 11.4 Å². The number of ether oxygens (including phenoxy) is 3. The number of phenolic OH excluding ortho intramolecular Hbond substituents is 1. The van der Waals surface area contributed by atoms with E-state index >= 15 is 4.79 Å². The minimum absolute atomic E-state index is 0.0188. The van der Waals surface area contributed by atoms with Crippen LogP contribution in [-0.2, 0) is 29.0 Å². The van der Waals surface area contributed by atoms with Crippen molar-refractivity contribution in [3.05, 3.63) is 140 Å². The molecule has 2 heterocycles. The molecular weight excluding hydrogens is 656 g/mol. The third-order valence-corrected chi connectivity index (χ3v) is 10.2. The maximum Gasteiger partial charge on any atom is 0.321 e. The highest BCUT2D eigenvalue weighted by Gasteiger charge is 2.72. The quantitative estimate of drug-likeness (QED) is 0.141. The first-order chi connectivity index (χ1) is 24.4. The number of hydrogen-bond acceptors (Lipinski definition) is 9. The molecule has 13 heteroatoms. The number of methoxy groups -OCH3 is 1. The van der Waals surface area contributed by atoms with Crippen molar-refractivity contribution < 1.29 is 34.0 Å². The minimum Gasteiger partial charge on any atom is -0.508 e. The second kappa shape index (κ2) is 13.0. The molecule has 13 nitrogen and oxygen atoms in total. The molecule has 1 N–H and O–H groups in total. The Balaban J connectivity index is 1.40. The first-order valence-corrected chi connectivity index (χ1v) is 16.7. The number of carbonyl (C=O) groups is 1. The molecule has 3 fully saturated rings. The van der Waals surface area contributed by atoms with Gasteiger partial charge >= 0.3 is 6.03 Å². The average Bonchev–Trinajstić information content (AvgIpc) is 3.79. The van der Waals surface area contributed by atoms with E-state index in [1.165, 1.54) is 24.3 Å². The Morgan fingerprint density at radius 3 is 2.04 bits per heavy atom. The Kier molecular flexibility index (Phi) is 8.64. The van der Waals surface area contributed by atoms with Crippen LogP contribution in [0.4, 0.5) is 16.2 Å².